The molecule has 1 aromatic heterocycles. The summed E-state index contributed by atoms with van der Waals surface area (Å²) in [6.45, 7) is 0. The minimum Gasteiger partial charge on any atom is -0.438 e. The maximum Gasteiger partial charge on any atom is 0.219 e. The first-order valence-electron chi connectivity index (χ1n) is 5.42. The summed E-state index contributed by atoms with van der Waals surface area (Å²) in [7, 11) is 0. The van der Waals surface area contributed by atoms with Gasteiger partial charge in [0.25, 0.3) is 0 Å². The number of nitrogens with zero attached hydrogens (tertiary/aromatic N) is 1. The van der Waals surface area contributed by atoms with E-state index in [2.05, 4.69) is 11.1 Å². The molecule has 0 bridgehead atoms. The van der Waals surface area contributed by atoms with E-state index >= 15 is 0 Å². The smallest absolute Gasteiger partial charge is 0.219 e. The van der Waals surface area contributed by atoms with Crippen molar-refractivity contribution in [2.45, 2.75) is 0 Å². The minimum atomic E-state index is 0.589. The van der Waals surface area contributed by atoms with E-state index in [4.69, 9.17) is 4.74 Å². The fraction of sp³-hybridized carbons (Fsp3) is 0. The summed E-state index contributed by atoms with van der Waals surface area (Å²) < 4.78 is 5.62. The van der Waals surface area contributed by atoms with Gasteiger partial charge in [0, 0.05) is 17.5 Å². The second-order valence-corrected chi connectivity index (χ2v) is 3.67. The van der Waals surface area contributed by atoms with Crippen molar-refractivity contribution in [1.82, 2.24) is 4.98 Å². The van der Waals surface area contributed by atoms with Gasteiger partial charge in [0.15, 0.2) is 0 Å². The number of hydrogen-bond acceptors (Lipinski definition) is 2. The van der Waals surface area contributed by atoms with Crippen molar-refractivity contribution in [1.29, 1.82) is 0 Å². The molecule has 3 aromatic rings. The quantitative estimate of drug-likeness (QED) is 0.654. The van der Waals surface area contributed by atoms with Crippen LogP contribution in [-0.4, -0.2) is 4.98 Å². The molecule has 1 heterocycles. The van der Waals surface area contributed by atoms with Gasteiger partial charge in [-0.05, 0) is 18.2 Å². The van der Waals surface area contributed by atoms with E-state index in [1.54, 1.807) is 0 Å². The number of hydrogen-bond donors (Lipinski definition) is 0. The van der Waals surface area contributed by atoms with E-state index in [0.29, 0.717) is 11.6 Å². The Morgan fingerprint density at radius 2 is 1.76 bits per heavy atom. The lowest BCUT2D eigenvalue weighted by Gasteiger charge is -2.04. The summed E-state index contributed by atoms with van der Waals surface area (Å²) in [4.78, 5) is 4.43. The van der Waals surface area contributed by atoms with Gasteiger partial charge in [-0.1, -0.05) is 36.4 Å². The molecule has 0 N–H and O–H groups in total. The first kappa shape index (κ1) is 9.85. The second kappa shape index (κ2) is 4.26. The molecule has 0 unspecified atom stereocenters. The molecule has 0 aliphatic heterocycles. The third kappa shape index (κ3) is 2.11. The first-order chi connectivity index (χ1) is 8.42. The van der Waals surface area contributed by atoms with Crippen LogP contribution in [0.3, 0.4) is 0 Å². The van der Waals surface area contributed by atoms with Crippen LogP contribution >= 0.6 is 0 Å². The topological polar surface area (TPSA) is 22.1 Å². The number of para-hydroxylation sites is 2. The van der Waals surface area contributed by atoms with E-state index in [0.717, 1.165) is 10.9 Å². The molecule has 2 aromatic carbocycles. The molecule has 0 aliphatic rings. The Morgan fingerprint density at radius 1 is 0.882 bits per heavy atom. The summed E-state index contributed by atoms with van der Waals surface area (Å²) in [5.74, 6) is 1.27. The Hall–Kier alpha value is -2.35. The van der Waals surface area contributed by atoms with Gasteiger partial charge in [0.2, 0.25) is 5.88 Å². The summed E-state index contributed by atoms with van der Waals surface area (Å²) in [6.07, 6.45) is 0. The van der Waals surface area contributed by atoms with Crippen LogP contribution < -0.4 is 4.74 Å². The van der Waals surface area contributed by atoms with Crippen LogP contribution in [0, 0.1) is 6.07 Å². The fourth-order valence-corrected chi connectivity index (χ4v) is 1.66. The lowest BCUT2D eigenvalue weighted by Crippen LogP contribution is -1.88. The van der Waals surface area contributed by atoms with Crippen molar-refractivity contribution in [3.63, 3.8) is 0 Å². The molecule has 0 atom stereocenters. The zero-order chi connectivity index (χ0) is 11.5. The standard InChI is InChI=1S/C15H10NO/c1-2-7-13(8-3-1)17-15-11-10-12-6-4-5-9-14(12)16-15/h1-7,9-11H. The number of pyridine rings is 1. The third-order valence-electron chi connectivity index (χ3n) is 2.47. The van der Waals surface area contributed by atoms with Crippen molar-refractivity contribution in [3.05, 3.63) is 66.7 Å². The van der Waals surface area contributed by atoms with Crippen molar-refractivity contribution in [3.8, 4) is 11.6 Å². The Kier molecular flexibility index (Phi) is 2.47. The molecule has 17 heavy (non-hydrogen) atoms. The van der Waals surface area contributed by atoms with Crippen molar-refractivity contribution in [2.75, 3.05) is 0 Å². The molecular formula is C15H10NO. The van der Waals surface area contributed by atoms with Gasteiger partial charge in [-0.15, -0.1) is 0 Å². The van der Waals surface area contributed by atoms with Crippen molar-refractivity contribution >= 4 is 10.9 Å². The molecule has 0 aliphatic carbocycles. The van der Waals surface area contributed by atoms with Crippen LogP contribution in [0.2, 0.25) is 0 Å². The van der Waals surface area contributed by atoms with Gasteiger partial charge in [-0.3, -0.25) is 0 Å². The highest BCUT2D eigenvalue weighted by Gasteiger charge is 1.99. The second-order valence-electron chi connectivity index (χ2n) is 3.67. The molecule has 0 amide bonds. The average Bonchev–Trinajstić information content (AvgIpc) is 2.40. The molecular weight excluding hydrogens is 210 g/mol. The Balaban J connectivity index is 1.96. The molecule has 0 saturated carbocycles. The summed E-state index contributed by atoms with van der Waals surface area (Å²) in [5.41, 5.74) is 0.931. The van der Waals surface area contributed by atoms with Crippen LogP contribution in [0.4, 0.5) is 0 Å². The SMILES string of the molecule is [c]1ccccc1Oc1ccc2ccccc2n1. The van der Waals surface area contributed by atoms with Crippen molar-refractivity contribution in [2.24, 2.45) is 0 Å². The van der Waals surface area contributed by atoms with E-state index < -0.39 is 0 Å². The molecule has 1 radical (unpaired) electrons. The first-order valence-corrected chi connectivity index (χ1v) is 5.42. The monoisotopic (exact) mass is 220 g/mol. The maximum absolute atomic E-state index is 5.62. The van der Waals surface area contributed by atoms with E-state index in [1.807, 2.05) is 60.7 Å². The molecule has 0 spiro atoms. The van der Waals surface area contributed by atoms with Gasteiger partial charge < -0.3 is 4.74 Å². The summed E-state index contributed by atoms with van der Waals surface area (Å²) in [6, 6.07) is 22.3. The van der Waals surface area contributed by atoms with Gasteiger partial charge in [-0.2, -0.15) is 0 Å². The summed E-state index contributed by atoms with van der Waals surface area (Å²) >= 11 is 0. The number of fused-ring (bicyclic) bond motifs is 1. The molecule has 2 heteroatoms. The van der Waals surface area contributed by atoms with E-state index in [1.165, 1.54) is 0 Å². The van der Waals surface area contributed by atoms with Gasteiger partial charge >= 0.3 is 0 Å². The Labute approximate surface area is 99.5 Å². The zero-order valence-corrected chi connectivity index (χ0v) is 9.13. The highest BCUT2D eigenvalue weighted by molar-refractivity contribution is 5.78. The Morgan fingerprint density at radius 3 is 2.65 bits per heavy atom. The predicted molar refractivity (Wildman–Crippen MR) is 67.1 cm³/mol. The van der Waals surface area contributed by atoms with Gasteiger partial charge in [-0.25, -0.2) is 4.98 Å². The lowest BCUT2D eigenvalue weighted by atomic mass is 10.2. The number of benzene rings is 2. The molecule has 81 valence electrons. The number of rotatable bonds is 2. The van der Waals surface area contributed by atoms with Crippen LogP contribution in [0.25, 0.3) is 10.9 Å². The number of ether oxygens (including phenoxy) is 1. The largest absolute Gasteiger partial charge is 0.438 e. The zero-order valence-electron chi connectivity index (χ0n) is 9.13. The van der Waals surface area contributed by atoms with Crippen LogP contribution in [0.1, 0.15) is 0 Å². The van der Waals surface area contributed by atoms with Gasteiger partial charge in [0.05, 0.1) is 5.52 Å². The molecule has 2 nitrogen and oxygen atoms in total. The van der Waals surface area contributed by atoms with E-state index in [9.17, 15) is 0 Å². The fourth-order valence-electron chi connectivity index (χ4n) is 1.66. The minimum absolute atomic E-state index is 0.589. The lowest BCUT2D eigenvalue weighted by molar-refractivity contribution is 0.464. The highest BCUT2D eigenvalue weighted by Crippen LogP contribution is 2.21. The third-order valence-corrected chi connectivity index (χ3v) is 2.47. The van der Waals surface area contributed by atoms with Crippen LogP contribution in [-0.2, 0) is 0 Å². The van der Waals surface area contributed by atoms with Crippen LogP contribution in [0.5, 0.6) is 11.6 Å². The maximum atomic E-state index is 5.62. The summed E-state index contributed by atoms with van der Waals surface area (Å²) in [5, 5.41) is 1.11. The molecule has 0 saturated heterocycles. The highest BCUT2D eigenvalue weighted by atomic mass is 16.5. The van der Waals surface area contributed by atoms with E-state index in [-0.39, 0.29) is 0 Å². The predicted octanol–water partition coefficient (Wildman–Crippen LogP) is 3.83. The molecule has 3 rings (SSSR count). The number of aromatic nitrogens is 1. The van der Waals surface area contributed by atoms with Crippen LogP contribution in [0.15, 0.2) is 60.7 Å². The average molecular weight is 220 g/mol. The Bertz CT molecular complexity index is 635. The van der Waals surface area contributed by atoms with Crippen molar-refractivity contribution < 1.29 is 4.74 Å². The normalized spacial score (nSPS) is 10.4. The molecule has 0 fully saturated rings. The van der Waals surface area contributed by atoms with Gasteiger partial charge in [0.1, 0.15) is 5.75 Å².